The van der Waals surface area contributed by atoms with Gasteiger partial charge in [0.05, 0.1) is 6.67 Å². The highest BCUT2D eigenvalue weighted by atomic mass is 16.2. The molecule has 2 amide bonds. The van der Waals surface area contributed by atoms with Crippen LogP contribution >= 0.6 is 0 Å². The normalized spacial score (nSPS) is 19.0. The smallest absolute Gasteiger partial charge is 0.262 e. The number of nitrogens with zero attached hydrogens (tertiary/aromatic N) is 2. The maximum absolute atomic E-state index is 12.8. The van der Waals surface area contributed by atoms with Crippen LogP contribution in [0.15, 0.2) is 36.4 Å². The average molecular weight is 295 g/mol. The maximum Gasteiger partial charge on any atom is 0.262 e. The van der Waals surface area contributed by atoms with Gasteiger partial charge in [-0.3, -0.25) is 19.4 Å². The van der Waals surface area contributed by atoms with Crippen LogP contribution in [0.4, 0.5) is 0 Å². The van der Waals surface area contributed by atoms with E-state index in [1.54, 1.807) is 0 Å². The molecule has 2 aliphatic heterocycles. The molecule has 5 heteroatoms. The Labute approximate surface area is 128 Å². The summed E-state index contributed by atoms with van der Waals surface area (Å²) >= 11 is 0. The second kappa shape index (κ2) is 5.19. The first kappa shape index (κ1) is 13.4. The molecule has 2 aromatic carbocycles. The summed E-state index contributed by atoms with van der Waals surface area (Å²) in [7, 11) is 0. The maximum atomic E-state index is 12.8. The summed E-state index contributed by atoms with van der Waals surface area (Å²) in [6.07, 6.45) is 0. The van der Waals surface area contributed by atoms with Crippen LogP contribution in [0.1, 0.15) is 20.7 Å². The lowest BCUT2D eigenvalue weighted by Gasteiger charge is -2.34. The van der Waals surface area contributed by atoms with Gasteiger partial charge in [0, 0.05) is 42.7 Å². The Hall–Kier alpha value is -2.24. The number of carbonyl (C=O) groups is 2. The quantitative estimate of drug-likeness (QED) is 0.849. The van der Waals surface area contributed by atoms with E-state index in [0.717, 1.165) is 37.0 Å². The molecule has 0 radical (unpaired) electrons. The van der Waals surface area contributed by atoms with Gasteiger partial charge in [0.2, 0.25) is 0 Å². The molecule has 0 aliphatic carbocycles. The predicted molar refractivity (Wildman–Crippen MR) is 83.8 cm³/mol. The molecule has 5 nitrogen and oxygen atoms in total. The van der Waals surface area contributed by atoms with Gasteiger partial charge >= 0.3 is 0 Å². The molecule has 0 atom stereocenters. The van der Waals surface area contributed by atoms with E-state index in [4.69, 9.17) is 0 Å². The predicted octanol–water partition coefficient (Wildman–Crippen LogP) is 1.30. The van der Waals surface area contributed by atoms with Crippen molar-refractivity contribution >= 4 is 22.6 Å². The van der Waals surface area contributed by atoms with E-state index in [9.17, 15) is 9.59 Å². The molecular weight excluding hydrogens is 278 g/mol. The average Bonchev–Trinajstić information content (AvgIpc) is 2.57. The highest BCUT2D eigenvalue weighted by molar-refractivity contribution is 6.25. The van der Waals surface area contributed by atoms with Crippen molar-refractivity contribution in [3.05, 3.63) is 47.5 Å². The topological polar surface area (TPSA) is 52.7 Å². The number of carbonyl (C=O) groups excluding carboxylic acids is 2. The zero-order valence-electron chi connectivity index (χ0n) is 12.2. The second-order valence-corrected chi connectivity index (χ2v) is 5.76. The minimum atomic E-state index is -0.187. The molecule has 22 heavy (non-hydrogen) atoms. The standard InChI is InChI=1S/C17H17N3O2/c21-16-13-5-1-3-12-4-2-6-14(15(12)13)17(22)20(16)11-19-9-7-18-8-10-19/h1-6,18H,7-11H2. The SMILES string of the molecule is O=C1c2cccc3cccc(c23)C(=O)N1CN1CCNCC1. The Morgan fingerprint density at radius 3 is 2.09 bits per heavy atom. The number of imide groups is 1. The number of benzene rings is 2. The van der Waals surface area contributed by atoms with E-state index < -0.39 is 0 Å². The van der Waals surface area contributed by atoms with Crippen molar-refractivity contribution < 1.29 is 9.59 Å². The van der Waals surface area contributed by atoms with Crippen LogP contribution in [0.25, 0.3) is 10.8 Å². The number of hydrogen-bond acceptors (Lipinski definition) is 4. The lowest BCUT2D eigenvalue weighted by Crippen LogP contribution is -2.52. The molecule has 2 heterocycles. The Morgan fingerprint density at radius 1 is 0.909 bits per heavy atom. The van der Waals surface area contributed by atoms with Gasteiger partial charge in [-0.1, -0.05) is 24.3 Å². The third-order valence-corrected chi connectivity index (χ3v) is 4.41. The first-order valence-corrected chi connectivity index (χ1v) is 7.57. The van der Waals surface area contributed by atoms with E-state index in [1.807, 2.05) is 36.4 Å². The number of amides is 2. The van der Waals surface area contributed by atoms with Crippen LogP contribution in [0, 0.1) is 0 Å². The fraction of sp³-hybridized carbons (Fsp3) is 0.294. The first-order valence-electron chi connectivity index (χ1n) is 7.57. The van der Waals surface area contributed by atoms with Gasteiger partial charge in [0.25, 0.3) is 11.8 Å². The molecule has 0 aromatic heterocycles. The minimum Gasteiger partial charge on any atom is -0.314 e. The highest BCUT2D eigenvalue weighted by Gasteiger charge is 2.33. The molecular formula is C17H17N3O2. The van der Waals surface area contributed by atoms with Crippen molar-refractivity contribution in [2.24, 2.45) is 0 Å². The molecule has 0 saturated carbocycles. The van der Waals surface area contributed by atoms with E-state index >= 15 is 0 Å². The van der Waals surface area contributed by atoms with Crippen molar-refractivity contribution in [2.75, 3.05) is 32.8 Å². The van der Waals surface area contributed by atoms with Crippen LogP contribution in [0.3, 0.4) is 0 Å². The lowest BCUT2D eigenvalue weighted by molar-refractivity contribution is 0.0483. The fourth-order valence-corrected chi connectivity index (χ4v) is 3.26. The van der Waals surface area contributed by atoms with Crippen LogP contribution in [-0.2, 0) is 0 Å². The number of piperazine rings is 1. The fourth-order valence-electron chi connectivity index (χ4n) is 3.26. The van der Waals surface area contributed by atoms with Gasteiger partial charge in [-0.05, 0) is 17.5 Å². The highest BCUT2D eigenvalue weighted by Crippen LogP contribution is 2.29. The summed E-state index contributed by atoms with van der Waals surface area (Å²) in [4.78, 5) is 29.0. The lowest BCUT2D eigenvalue weighted by atomic mass is 9.94. The number of nitrogens with one attached hydrogen (secondary N) is 1. The van der Waals surface area contributed by atoms with E-state index in [2.05, 4.69) is 10.2 Å². The van der Waals surface area contributed by atoms with Crippen molar-refractivity contribution in [1.29, 1.82) is 0 Å². The molecule has 1 saturated heterocycles. The monoisotopic (exact) mass is 295 g/mol. The van der Waals surface area contributed by atoms with Crippen LogP contribution in [0.5, 0.6) is 0 Å². The van der Waals surface area contributed by atoms with Gasteiger partial charge in [-0.2, -0.15) is 0 Å². The molecule has 112 valence electrons. The Balaban J connectivity index is 1.75. The van der Waals surface area contributed by atoms with E-state index in [-0.39, 0.29) is 11.8 Å². The zero-order valence-corrected chi connectivity index (χ0v) is 12.2. The summed E-state index contributed by atoms with van der Waals surface area (Å²) in [5, 5.41) is 5.01. The third-order valence-electron chi connectivity index (χ3n) is 4.41. The Morgan fingerprint density at radius 2 is 1.50 bits per heavy atom. The second-order valence-electron chi connectivity index (χ2n) is 5.76. The zero-order chi connectivity index (χ0) is 15.1. The number of hydrogen-bond donors (Lipinski definition) is 1. The summed E-state index contributed by atoms with van der Waals surface area (Å²) in [5.41, 5.74) is 1.26. The Kier molecular flexibility index (Phi) is 3.17. The van der Waals surface area contributed by atoms with Crippen LogP contribution < -0.4 is 5.32 Å². The largest absolute Gasteiger partial charge is 0.314 e. The van der Waals surface area contributed by atoms with Crippen molar-refractivity contribution in [2.45, 2.75) is 0 Å². The molecule has 4 rings (SSSR count). The summed E-state index contributed by atoms with van der Waals surface area (Å²) in [6, 6.07) is 11.2. The first-order chi connectivity index (χ1) is 10.8. The van der Waals surface area contributed by atoms with Crippen LogP contribution in [0.2, 0.25) is 0 Å². The molecule has 0 spiro atoms. The van der Waals surface area contributed by atoms with E-state index in [1.165, 1.54) is 4.90 Å². The molecule has 2 aliphatic rings. The molecule has 1 fully saturated rings. The number of rotatable bonds is 2. The van der Waals surface area contributed by atoms with Crippen LogP contribution in [-0.4, -0.2) is 54.5 Å². The summed E-state index contributed by atoms with van der Waals surface area (Å²) < 4.78 is 0. The van der Waals surface area contributed by atoms with Crippen molar-refractivity contribution in [3.63, 3.8) is 0 Å². The molecule has 1 N–H and O–H groups in total. The minimum absolute atomic E-state index is 0.187. The molecule has 2 aromatic rings. The van der Waals surface area contributed by atoms with E-state index in [0.29, 0.717) is 17.8 Å². The van der Waals surface area contributed by atoms with Gasteiger partial charge in [0.15, 0.2) is 0 Å². The summed E-state index contributed by atoms with van der Waals surface area (Å²) in [6.45, 7) is 3.85. The molecule has 0 unspecified atom stereocenters. The van der Waals surface area contributed by atoms with Gasteiger partial charge in [-0.15, -0.1) is 0 Å². The van der Waals surface area contributed by atoms with Gasteiger partial charge in [0.1, 0.15) is 0 Å². The Bertz CT molecular complexity index is 715. The molecule has 0 bridgehead atoms. The third kappa shape index (κ3) is 2.01. The summed E-state index contributed by atoms with van der Waals surface area (Å²) in [5.74, 6) is -0.374. The van der Waals surface area contributed by atoms with Crippen molar-refractivity contribution in [1.82, 2.24) is 15.1 Å². The van der Waals surface area contributed by atoms with Crippen molar-refractivity contribution in [3.8, 4) is 0 Å². The van der Waals surface area contributed by atoms with Gasteiger partial charge < -0.3 is 5.32 Å². The van der Waals surface area contributed by atoms with Gasteiger partial charge in [-0.25, -0.2) is 0 Å².